The van der Waals surface area contributed by atoms with E-state index in [1.54, 1.807) is 6.07 Å². The molecule has 0 radical (unpaired) electrons. The van der Waals surface area contributed by atoms with E-state index in [-0.39, 0.29) is 24.6 Å². The molecule has 2 fully saturated rings. The Labute approximate surface area is 164 Å². The second kappa shape index (κ2) is 7.05. The lowest BCUT2D eigenvalue weighted by Gasteiger charge is -2.52. The fraction of sp³-hybridized carbons (Fsp3) is 0.478. The van der Waals surface area contributed by atoms with Gasteiger partial charge in [-0.15, -0.1) is 0 Å². The molecular weight excluding hydrogens is 357 g/mol. The zero-order valence-electron chi connectivity index (χ0n) is 15.9. The Bertz CT molecular complexity index is 873. The van der Waals surface area contributed by atoms with E-state index in [0.717, 1.165) is 55.7 Å². The molecule has 1 N–H and O–H groups in total. The number of hydrogen-bond donors (Lipinski definition) is 1. The van der Waals surface area contributed by atoms with Crippen molar-refractivity contribution in [1.82, 2.24) is 4.90 Å². The molecule has 0 bridgehead atoms. The molecule has 1 saturated heterocycles. The van der Waals surface area contributed by atoms with E-state index in [1.165, 1.54) is 6.07 Å². The topological polar surface area (TPSA) is 41.9 Å². The van der Waals surface area contributed by atoms with Gasteiger partial charge in [-0.25, -0.2) is 4.39 Å². The Hall–Kier alpha value is -2.11. The third-order valence-electron chi connectivity index (χ3n) is 6.74. The molecule has 5 heteroatoms. The standard InChI is InChI=1S/C23H26FNO3/c24-19-7-2-1-5-17(19)14-25-12-11-23(26)10-4-3-6-18(23)22(25)16-8-9-20-21(13-16)28-15-27-20/h1-2,5,7-9,13,18,22,26H,3-4,6,10-12,14-15H2/t18-,22+,23-/m1/s1. The molecule has 0 spiro atoms. The van der Waals surface area contributed by atoms with Crippen LogP contribution in [-0.4, -0.2) is 28.9 Å². The highest BCUT2D eigenvalue weighted by Crippen LogP contribution is 2.50. The van der Waals surface area contributed by atoms with E-state index in [1.807, 2.05) is 24.3 Å². The summed E-state index contributed by atoms with van der Waals surface area (Å²) in [6.07, 6.45) is 4.79. The fourth-order valence-electron chi connectivity index (χ4n) is 5.31. The summed E-state index contributed by atoms with van der Waals surface area (Å²) in [6.45, 7) is 1.54. The molecule has 0 amide bonds. The summed E-state index contributed by atoms with van der Waals surface area (Å²) in [6, 6.07) is 13.1. The minimum Gasteiger partial charge on any atom is -0.454 e. The van der Waals surface area contributed by atoms with Crippen molar-refractivity contribution < 1.29 is 19.0 Å². The van der Waals surface area contributed by atoms with Crippen LogP contribution in [0.5, 0.6) is 11.5 Å². The molecule has 28 heavy (non-hydrogen) atoms. The number of rotatable bonds is 3. The normalized spacial score (nSPS) is 29.5. The molecule has 2 aromatic rings. The van der Waals surface area contributed by atoms with Gasteiger partial charge in [0.05, 0.1) is 5.60 Å². The highest BCUT2D eigenvalue weighted by atomic mass is 19.1. The first-order valence-electron chi connectivity index (χ1n) is 10.2. The van der Waals surface area contributed by atoms with Crippen molar-refractivity contribution in [1.29, 1.82) is 0 Å². The summed E-state index contributed by atoms with van der Waals surface area (Å²) in [5.74, 6) is 1.49. The average Bonchev–Trinajstić information content (AvgIpc) is 3.17. The highest BCUT2D eigenvalue weighted by Gasteiger charge is 2.49. The van der Waals surface area contributed by atoms with Gasteiger partial charge < -0.3 is 14.6 Å². The van der Waals surface area contributed by atoms with E-state index >= 15 is 0 Å². The maximum atomic E-state index is 14.3. The van der Waals surface area contributed by atoms with Gasteiger partial charge in [0.15, 0.2) is 11.5 Å². The van der Waals surface area contributed by atoms with Crippen LogP contribution in [0.3, 0.4) is 0 Å². The molecule has 3 atom stereocenters. The summed E-state index contributed by atoms with van der Waals surface area (Å²) in [4.78, 5) is 2.33. The molecule has 148 valence electrons. The summed E-state index contributed by atoms with van der Waals surface area (Å²) in [5, 5.41) is 11.4. The van der Waals surface area contributed by atoms with Crippen LogP contribution in [0.1, 0.15) is 49.3 Å². The van der Waals surface area contributed by atoms with Crippen molar-refractivity contribution in [3.05, 3.63) is 59.4 Å². The number of piperidine rings is 1. The highest BCUT2D eigenvalue weighted by molar-refractivity contribution is 5.45. The van der Waals surface area contributed by atoms with Crippen molar-refractivity contribution in [2.24, 2.45) is 5.92 Å². The molecule has 2 aliphatic heterocycles. The minimum absolute atomic E-state index is 0.0353. The minimum atomic E-state index is -0.634. The summed E-state index contributed by atoms with van der Waals surface area (Å²) < 4.78 is 25.4. The second-order valence-electron chi connectivity index (χ2n) is 8.33. The van der Waals surface area contributed by atoms with Crippen LogP contribution in [0.4, 0.5) is 4.39 Å². The first-order valence-corrected chi connectivity index (χ1v) is 10.2. The molecule has 2 aromatic carbocycles. The van der Waals surface area contributed by atoms with Crippen LogP contribution in [-0.2, 0) is 6.54 Å². The zero-order chi connectivity index (χ0) is 19.1. The summed E-state index contributed by atoms with van der Waals surface area (Å²) in [7, 11) is 0. The summed E-state index contributed by atoms with van der Waals surface area (Å²) >= 11 is 0. The Morgan fingerprint density at radius 3 is 2.82 bits per heavy atom. The lowest BCUT2D eigenvalue weighted by atomic mass is 9.66. The number of ether oxygens (including phenoxy) is 2. The molecular formula is C23H26FNO3. The van der Waals surface area contributed by atoms with Gasteiger partial charge in [0.25, 0.3) is 0 Å². The summed E-state index contributed by atoms with van der Waals surface area (Å²) in [5.41, 5.74) is 1.19. The first-order chi connectivity index (χ1) is 13.6. The average molecular weight is 383 g/mol. The lowest BCUT2D eigenvalue weighted by molar-refractivity contribution is -0.126. The van der Waals surface area contributed by atoms with Crippen molar-refractivity contribution >= 4 is 0 Å². The Balaban J connectivity index is 1.53. The van der Waals surface area contributed by atoms with Gasteiger partial charge in [-0.1, -0.05) is 37.1 Å². The molecule has 4 nitrogen and oxygen atoms in total. The van der Waals surface area contributed by atoms with Crippen molar-refractivity contribution in [3.63, 3.8) is 0 Å². The number of halogens is 1. The van der Waals surface area contributed by atoms with Crippen LogP contribution in [0.15, 0.2) is 42.5 Å². The molecule has 0 aromatic heterocycles. The van der Waals surface area contributed by atoms with Crippen molar-refractivity contribution in [2.45, 2.75) is 50.3 Å². The maximum Gasteiger partial charge on any atom is 0.231 e. The predicted octanol–water partition coefficient (Wildman–Crippen LogP) is 4.42. The fourth-order valence-corrected chi connectivity index (χ4v) is 5.31. The van der Waals surface area contributed by atoms with Crippen molar-refractivity contribution in [2.75, 3.05) is 13.3 Å². The number of aliphatic hydroxyl groups is 1. The molecule has 0 unspecified atom stereocenters. The molecule has 1 saturated carbocycles. The smallest absolute Gasteiger partial charge is 0.231 e. The third kappa shape index (κ3) is 3.07. The van der Waals surface area contributed by atoms with Gasteiger partial charge in [-0.3, -0.25) is 4.90 Å². The van der Waals surface area contributed by atoms with E-state index in [9.17, 15) is 9.50 Å². The van der Waals surface area contributed by atoms with E-state index in [0.29, 0.717) is 12.1 Å². The maximum absolute atomic E-state index is 14.3. The lowest BCUT2D eigenvalue weighted by Crippen LogP contribution is -2.54. The van der Waals surface area contributed by atoms with E-state index in [2.05, 4.69) is 11.0 Å². The number of likely N-dealkylation sites (tertiary alicyclic amines) is 1. The second-order valence-corrected chi connectivity index (χ2v) is 8.33. The van der Waals surface area contributed by atoms with Gasteiger partial charge in [0.2, 0.25) is 6.79 Å². The number of benzene rings is 2. The van der Waals surface area contributed by atoms with E-state index < -0.39 is 5.60 Å². The monoisotopic (exact) mass is 383 g/mol. The van der Waals surface area contributed by atoms with Crippen LogP contribution in [0.25, 0.3) is 0 Å². The molecule has 1 aliphatic carbocycles. The number of fused-ring (bicyclic) bond motifs is 2. The van der Waals surface area contributed by atoms with Crippen molar-refractivity contribution in [3.8, 4) is 11.5 Å². The molecule has 3 aliphatic rings. The van der Waals surface area contributed by atoms with Crippen LogP contribution < -0.4 is 9.47 Å². The third-order valence-corrected chi connectivity index (χ3v) is 6.74. The number of nitrogens with zero attached hydrogens (tertiary/aromatic N) is 1. The van der Waals surface area contributed by atoms with Gasteiger partial charge in [0.1, 0.15) is 5.82 Å². The van der Waals surface area contributed by atoms with Gasteiger partial charge in [0, 0.05) is 30.6 Å². The molecule has 5 rings (SSSR count). The largest absolute Gasteiger partial charge is 0.454 e. The van der Waals surface area contributed by atoms with Gasteiger partial charge in [-0.05, 0) is 43.0 Å². The molecule has 2 heterocycles. The van der Waals surface area contributed by atoms with Crippen LogP contribution in [0.2, 0.25) is 0 Å². The predicted molar refractivity (Wildman–Crippen MR) is 104 cm³/mol. The number of hydrogen-bond acceptors (Lipinski definition) is 4. The van der Waals surface area contributed by atoms with E-state index in [4.69, 9.17) is 9.47 Å². The SMILES string of the molecule is O[C@@]12CCCC[C@@H]1[C@H](c1ccc3c(c1)OCO3)N(Cc1ccccc1F)CC2. The van der Waals surface area contributed by atoms with Crippen LogP contribution >= 0.6 is 0 Å². The quantitative estimate of drug-likeness (QED) is 0.852. The Morgan fingerprint density at radius 1 is 1.07 bits per heavy atom. The first kappa shape index (κ1) is 18.0. The van der Waals surface area contributed by atoms with Gasteiger partial charge in [-0.2, -0.15) is 0 Å². The Kier molecular flexibility index (Phi) is 4.52. The Morgan fingerprint density at radius 2 is 1.93 bits per heavy atom. The van der Waals surface area contributed by atoms with Gasteiger partial charge >= 0.3 is 0 Å². The van der Waals surface area contributed by atoms with Crippen LogP contribution in [0, 0.1) is 11.7 Å². The zero-order valence-corrected chi connectivity index (χ0v) is 15.9.